The van der Waals surface area contributed by atoms with Gasteiger partial charge in [-0.1, -0.05) is 30.3 Å². The number of benzene rings is 2. The molecule has 1 amide bonds. The Labute approximate surface area is 226 Å². The number of carbonyl (C=O) groups is 2. The maximum absolute atomic E-state index is 12.8. The molecule has 1 heterocycles. The summed E-state index contributed by atoms with van der Waals surface area (Å²) in [5, 5.41) is 0. The highest BCUT2D eigenvalue weighted by Crippen LogP contribution is 2.31. The van der Waals surface area contributed by atoms with Gasteiger partial charge in [0.05, 0.1) is 24.3 Å². The minimum Gasteiger partial charge on any atom is -0.476 e. The van der Waals surface area contributed by atoms with E-state index < -0.39 is 23.3 Å². The third kappa shape index (κ3) is 8.05. The summed E-state index contributed by atoms with van der Waals surface area (Å²) in [7, 11) is 1.74. The van der Waals surface area contributed by atoms with Crippen LogP contribution in [-0.2, 0) is 33.3 Å². The van der Waals surface area contributed by atoms with Crippen molar-refractivity contribution in [2.24, 2.45) is 0 Å². The number of aromatic nitrogens is 1. The first-order valence-corrected chi connectivity index (χ1v) is 12.6. The van der Waals surface area contributed by atoms with Gasteiger partial charge in [0.2, 0.25) is 5.91 Å². The first-order valence-electron chi connectivity index (χ1n) is 12.6. The summed E-state index contributed by atoms with van der Waals surface area (Å²) in [6.45, 7) is 7.61. The molecule has 0 aliphatic carbocycles. The molecule has 0 unspecified atom stereocenters. The Balaban J connectivity index is 1.54. The van der Waals surface area contributed by atoms with Crippen molar-refractivity contribution in [3.8, 4) is 17.0 Å². The van der Waals surface area contributed by atoms with Crippen LogP contribution >= 0.6 is 0 Å². The van der Waals surface area contributed by atoms with E-state index in [4.69, 9.17) is 9.47 Å². The highest BCUT2D eigenvalue weighted by molar-refractivity contribution is 5.79. The van der Waals surface area contributed by atoms with Crippen LogP contribution in [0.4, 0.5) is 13.2 Å². The molecule has 0 aliphatic rings. The van der Waals surface area contributed by atoms with E-state index in [1.807, 2.05) is 12.1 Å². The zero-order chi connectivity index (χ0) is 28.8. The highest BCUT2D eigenvalue weighted by atomic mass is 19.4. The van der Waals surface area contributed by atoms with Gasteiger partial charge in [0.25, 0.3) is 0 Å². The topological polar surface area (TPSA) is 68.7 Å². The number of hydrogen-bond acceptors (Lipinski definition) is 5. The van der Waals surface area contributed by atoms with Gasteiger partial charge in [0.1, 0.15) is 5.75 Å². The predicted octanol–water partition coefficient (Wildman–Crippen LogP) is 6.04. The standard InChI is InChI=1S/C30H33F3N2O4/c1-6-38-28(37)29(3,4)39-25-14-7-21(8-15-25)17-18-35(5)27(36)19-23-11-16-26(34-20(23)2)22-9-12-24(13-10-22)30(31,32)33/h7-16H,6,17-19H2,1-5H3. The van der Waals surface area contributed by atoms with Crippen molar-refractivity contribution in [3.05, 3.63) is 83.0 Å². The fourth-order valence-electron chi connectivity index (χ4n) is 3.85. The molecule has 0 aliphatic heterocycles. The molecule has 1 aromatic heterocycles. The summed E-state index contributed by atoms with van der Waals surface area (Å²) >= 11 is 0. The molecule has 0 saturated carbocycles. The second-order valence-corrected chi connectivity index (χ2v) is 9.73. The number of alkyl halides is 3. The number of carbonyl (C=O) groups excluding carboxylic acids is 2. The van der Waals surface area contributed by atoms with Gasteiger partial charge in [-0.3, -0.25) is 9.78 Å². The van der Waals surface area contributed by atoms with E-state index >= 15 is 0 Å². The largest absolute Gasteiger partial charge is 0.476 e. The summed E-state index contributed by atoms with van der Waals surface area (Å²) in [6.07, 6.45) is -3.59. The van der Waals surface area contributed by atoms with Crippen LogP contribution in [0.15, 0.2) is 60.7 Å². The number of nitrogens with zero attached hydrogens (tertiary/aromatic N) is 2. The van der Waals surface area contributed by atoms with Gasteiger partial charge in [0.15, 0.2) is 5.60 Å². The maximum atomic E-state index is 12.8. The monoisotopic (exact) mass is 542 g/mol. The number of pyridine rings is 1. The fraction of sp³-hybridized carbons (Fsp3) is 0.367. The van der Waals surface area contributed by atoms with Crippen LogP contribution < -0.4 is 4.74 Å². The summed E-state index contributed by atoms with van der Waals surface area (Å²) < 4.78 is 49.3. The normalized spacial score (nSPS) is 11.7. The lowest BCUT2D eigenvalue weighted by Crippen LogP contribution is -2.39. The van der Waals surface area contributed by atoms with Gasteiger partial charge < -0.3 is 14.4 Å². The summed E-state index contributed by atoms with van der Waals surface area (Å²) in [5.41, 5.74) is 1.72. The molecule has 0 bridgehead atoms. The molecule has 208 valence electrons. The fourth-order valence-corrected chi connectivity index (χ4v) is 3.85. The minimum atomic E-state index is -4.39. The molecule has 0 N–H and O–H groups in total. The summed E-state index contributed by atoms with van der Waals surface area (Å²) in [6, 6.07) is 15.7. The number of hydrogen-bond donors (Lipinski definition) is 0. The third-order valence-electron chi connectivity index (χ3n) is 6.27. The average Bonchev–Trinajstić information content (AvgIpc) is 2.88. The van der Waals surface area contributed by atoms with E-state index in [-0.39, 0.29) is 18.9 Å². The molecule has 0 saturated heterocycles. The van der Waals surface area contributed by atoms with Gasteiger partial charge in [-0.25, -0.2) is 4.79 Å². The molecule has 3 rings (SSSR count). The summed E-state index contributed by atoms with van der Waals surface area (Å²) in [4.78, 5) is 31.0. The molecule has 0 atom stereocenters. The lowest BCUT2D eigenvalue weighted by Gasteiger charge is -2.24. The second-order valence-electron chi connectivity index (χ2n) is 9.73. The van der Waals surface area contributed by atoms with Crippen molar-refractivity contribution in [2.75, 3.05) is 20.2 Å². The zero-order valence-corrected chi connectivity index (χ0v) is 22.8. The van der Waals surface area contributed by atoms with Gasteiger partial charge in [-0.2, -0.15) is 13.2 Å². The van der Waals surface area contributed by atoms with Crippen molar-refractivity contribution in [1.82, 2.24) is 9.88 Å². The average molecular weight is 543 g/mol. The number of likely N-dealkylation sites (N-methyl/N-ethyl adjacent to an activating group) is 1. The zero-order valence-electron chi connectivity index (χ0n) is 22.8. The van der Waals surface area contributed by atoms with Crippen LogP contribution in [0.25, 0.3) is 11.3 Å². The SMILES string of the molecule is CCOC(=O)C(C)(C)Oc1ccc(CCN(C)C(=O)Cc2ccc(-c3ccc(C(F)(F)F)cc3)nc2C)cc1. The molecule has 9 heteroatoms. The molecule has 2 aromatic carbocycles. The van der Waals surface area contributed by atoms with Crippen molar-refractivity contribution < 1.29 is 32.2 Å². The van der Waals surface area contributed by atoms with Crippen molar-refractivity contribution in [1.29, 1.82) is 0 Å². The van der Waals surface area contributed by atoms with Crippen LogP contribution in [0, 0.1) is 6.92 Å². The lowest BCUT2D eigenvalue weighted by atomic mass is 10.0. The Morgan fingerprint density at radius 2 is 1.59 bits per heavy atom. The van der Waals surface area contributed by atoms with Gasteiger partial charge in [-0.15, -0.1) is 0 Å². The number of amides is 1. The van der Waals surface area contributed by atoms with Crippen LogP contribution in [0.2, 0.25) is 0 Å². The van der Waals surface area contributed by atoms with Gasteiger partial charge in [0, 0.05) is 24.8 Å². The number of aryl methyl sites for hydroxylation is 1. The quantitative estimate of drug-likeness (QED) is 0.292. The molecular formula is C30H33F3N2O4. The Morgan fingerprint density at radius 1 is 0.949 bits per heavy atom. The van der Waals surface area contributed by atoms with Crippen LogP contribution in [-0.4, -0.2) is 47.6 Å². The Hall–Kier alpha value is -3.88. The Kier molecular flexibility index (Phi) is 9.37. The molecule has 39 heavy (non-hydrogen) atoms. The highest BCUT2D eigenvalue weighted by Gasteiger charge is 2.32. The van der Waals surface area contributed by atoms with E-state index in [9.17, 15) is 22.8 Å². The first kappa shape index (κ1) is 29.7. The number of rotatable bonds is 10. The Morgan fingerprint density at radius 3 is 2.15 bits per heavy atom. The first-order chi connectivity index (χ1) is 18.3. The number of ether oxygens (including phenoxy) is 2. The third-order valence-corrected chi connectivity index (χ3v) is 6.27. The maximum Gasteiger partial charge on any atom is 0.416 e. The molecule has 0 spiro atoms. The van der Waals surface area contributed by atoms with Crippen molar-refractivity contribution in [3.63, 3.8) is 0 Å². The lowest BCUT2D eigenvalue weighted by molar-refractivity contribution is -0.158. The molecule has 6 nitrogen and oxygen atoms in total. The van der Waals surface area contributed by atoms with Gasteiger partial charge >= 0.3 is 12.1 Å². The molecule has 0 radical (unpaired) electrons. The van der Waals surface area contributed by atoms with E-state index in [1.54, 1.807) is 63.9 Å². The van der Waals surface area contributed by atoms with Crippen LogP contribution in [0.5, 0.6) is 5.75 Å². The van der Waals surface area contributed by atoms with Crippen LogP contribution in [0.1, 0.15) is 43.2 Å². The van der Waals surface area contributed by atoms with E-state index in [0.29, 0.717) is 35.7 Å². The smallest absolute Gasteiger partial charge is 0.416 e. The summed E-state index contributed by atoms with van der Waals surface area (Å²) in [5.74, 6) is 0.0381. The van der Waals surface area contributed by atoms with E-state index in [2.05, 4.69) is 4.98 Å². The number of halogens is 3. The predicted molar refractivity (Wildman–Crippen MR) is 142 cm³/mol. The van der Waals surface area contributed by atoms with Crippen molar-refractivity contribution >= 4 is 11.9 Å². The molecule has 0 fully saturated rings. The van der Waals surface area contributed by atoms with Gasteiger partial charge in [-0.05, 0) is 75.6 Å². The second kappa shape index (κ2) is 12.3. The van der Waals surface area contributed by atoms with Crippen molar-refractivity contribution in [2.45, 2.75) is 52.3 Å². The minimum absolute atomic E-state index is 0.0710. The molecule has 3 aromatic rings. The molecular weight excluding hydrogens is 509 g/mol. The van der Waals surface area contributed by atoms with Crippen LogP contribution in [0.3, 0.4) is 0 Å². The Bertz CT molecular complexity index is 1290. The van der Waals surface area contributed by atoms with E-state index in [0.717, 1.165) is 23.3 Å². The van der Waals surface area contributed by atoms with E-state index in [1.165, 1.54) is 12.1 Å². The number of esters is 1.